The molecular weight excluding hydrogens is 518 g/mol. The van der Waals surface area contributed by atoms with Crippen molar-refractivity contribution in [3.63, 3.8) is 0 Å². The fraction of sp³-hybridized carbons (Fsp3) is 0.115. The van der Waals surface area contributed by atoms with E-state index in [0.29, 0.717) is 22.2 Å². The lowest BCUT2D eigenvalue weighted by atomic mass is 10.0. The monoisotopic (exact) mass is 539 g/mol. The summed E-state index contributed by atoms with van der Waals surface area (Å²) in [7, 11) is -3.03. The van der Waals surface area contributed by atoms with Crippen LogP contribution in [0.25, 0.3) is 10.8 Å². The molecule has 0 fully saturated rings. The Morgan fingerprint density at radius 3 is 2.41 bits per heavy atom. The second-order valence-electron chi connectivity index (χ2n) is 7.96. The first-order valence-electron chi connectivity index (χ1n) is 11.0. The van der Waals surface area contributed by atoms with Gasteiger partial charge < -0.3 is 15.2 Å². The zero-order valence-electron chi connectivity index (χ0n) is 19.8. The maximum Gasteiger partial charge on any atom is 0.294 e. The van der Waals surface area contributed by atoms with Gasteiger partial charge in [0.2, 0.25) is 0 Å². The van der Waals surface area contributed by atoms with Crippen LogP contribution in [0.2, 0.25) is 5.02 Å². The van der Waals surface area contributed by atoms with Crippen LogP contribution in [0.1, 0.15) is 22.8 Å². The molecule has 190 valence electrons. The highest BCUT2D eigenvalue weighted by molar-refractivity contribution is 7.85. The van der Waals surface area contributed by atoms with Gasteiger partial charge in [0, 0.05) is 21.7 Å². The van der Waals surface area contributed by atoms with Gasteiger partial charge in [0.25, 0.3) is 16.0 Å². The molecule has 4 aromatic carbocycles. The Morgan fingerprint density at radius 2 is 1.76 bits per heavy atom. The molecule has 0 aliphatic heterocycles. The number of carbonyl (C=O) groups excluding carboxylic acids is 1. The van der Waals surface area contributed by atoms with Crippen LogP contribution >= 0.6 is 11.6 Å². The Morgan fingerprint density at radius 1 is 1.05 bits per heavy atom. The predicted molar refractivity (Wildman–Crippen MR) is 141 cm³/mol. The highest BCUT2D eigenvalue weighted by Crippen LogP contribution is 2.40. The van der Waals surface area contributed by atoms with Crippen molar-refractivity contribution < 1.29 is 27.6 Å². The number of rotatable bonds is 7. The summed E-state index contributed by atoms with van der Waals surface area (Å²) in [5, 5.41) is 23.3. The van der Waals surface area contributed by atoms with Crippen LogP contribution in [0.4, 0.5) is 17.1 Å². The van der Waals surface area contributed by atoms with Gasteiger partial charge in [-0.3, -0.25) is 9.35 Å². The predicted octanol–water partition coefficient (Wildman–Crippen LogP) is 6.68. The summed E-state index contributed by atoms with van der Waals surface area (Å²) in [4.78, 5) is 12.7. The number of amides is 1. The van der Waals surface area contributed by atoms with Crippen LogP contribution in [0.5, 0.6) is 11.5 Å². The van der Waals surface area contributed by atoms with E-state index in [9.17, 15) is 22.9 Å². The normalized spacial score (nSPS) is 11.7. The van der Waals surface area contributed by atoms with Gasteiger partial charge in [-0.2, -0.15) is 13.5 Å². The van der Waals surface area contributed by atoms with Crippen molar-refractivity contribution in [3.05, 3.63) is 82.9 Å². The molecule has 0 unspecified atom stereocenters. The van der Waals surface area contributed by atoms with E-state index >= 15 is 0 Å². The van der Waals surface area contributed by atoms with Gasteiger partial charge in [0.1, 0.15) is 16.3 Å². The Labute approximate surface area is 218 Å². The molecule has 0 aromatic heterocycles. The Kier molecular flexibility index (Phi) is 7.44. The lowest BCUT2D eigenvalue weighted by Gasteiger charge is -2.12. The number of hydrogen-bond acceptors (Lipinski definition) is 7. The fourth-order valence-corrected chi connectivity index (χ4v) is 4.95. The number of methoxy groups -OCH3 is 1. The Balaban J connectivity index is 1.81. The Hall–Kier alpha value is -3.99. The highest BCUT2D eigenvalue weighted by atomic mass is 35.5. The molecule has 11 heteroatoms. The summed E-state index contributed by atoms with van der Waals surface area (Å²) < 4.78 is 38.5. The van der Waals surface area contributed by atoms with Gasteiger partial charge in [-0.05, 0) is 54.3 Å². The summed E-state index contributed by atoms with van der Waals surface area (Å²) in [5.74, 6) is -0.363. The fourth-order valence-electron chi connectivity index (χ4n) is 3.84. The van der Waals surface area contributed by atoms with Crippen LogP contribution in [-0.4, -0.2) is 31.1 Å². The smallest absolute Gasteiger partial charge is 0.294 e. The summed E-state index contributed by atoms with van der Waals surface area (Å²) in [6.45, 7) is 1.69. The van der Waals surface area contributed by atoms with E-state index in [0.717, 1.165) is 6.07 Å². The van der Waals surface area contributed by atoms with E-state index in [-0.39, 0.29) is 38.8 Å². The van der Waals surface area contributed by atoms with Gasteiger partial charge in [-0.1, -0.05) is 42.8 Å². The Bertz CT molecular complexity index is 1640. The van der Waals surface area contributed by atoms with Crippen LogP contribution in [0.3, 0.4) is 0 Å². The average Bonchev–Trinajstić information content (AvgIpc) is 2.87. The zero-order chi connectivity index (χ0) is 26.7. The number of aromatic hydroxyl groups is 1. The summed E-state index contributed by atoms with van der Waals surface area (Å²) in [6.07, 6.45) is 0.206. The molecule has 0 spiro atoms. The molecule has 0 bridgehead atoms. The number of nitrogens with zero attached hydrogens (tertiary/aromatic N) is 2. The van der Waals surface area contributed by atoms with Gasteiger partial charge in [0.05, 0.1) is 18.4 Å². The second-order valence-corrected chi connectivity index (χ2v) is 9.78. The van der Waals surface area contributed by atoms with Gasteiger partial charge in [-0.15, -0.1) is 5.11 Å². The molecule has 0 atom stereocenters. The van der Waals surface area contributed by atoms with Gasteiger partial charge >= 0.3 is 0 Å². The number of carbonyl (C=O) groups is 1. The quantitative estimate of drug-likeness (QED) is 0.177. The molecule has 0 saturated heterocycles. The van der Waals surface area contributed by atoms with Crippen molar-refractivity contribution in [2.45, 2.75) is 18.2 Å². The van der Waals surface area contributed by atoms with Crippen LogP contribution in [0, 0.1) is 0 Å². The third kappa shape index (κ3) is 5.56. The molecule has 37 heavy (non-hydrogen) atoms. The highest BCUT2D eigenvalue weighted by Gasteiger charge is 2.21. The summed E-state index contributed by atoms with van der Waals surface area (Å²) >= 11 is 6.07. The molecule has 1 amide bonds. The van der Waals surface area contributed by atoms with Crippen molar-refractivity contribution in [3.8, 4) is 11.5 Å². The number of phenolic OH excluding ortho intramolecular Hbond substituents is 1. The average molecular weight is 540 g/mol. The molecule has 4 rings (SSSR count). The second kappa shape index (κ2) is 10.6. The number of azo groups is 1. The van der Waals surface area contributed by atoms with Crippen molar-refractivity contribution in [2.24, 2.45) is 10.2 Å². The number of benzene rings is 4. The number of fused-ring (bicyclic) bond motifs is 1. The molecule has 0 heterocycles. The maximum absolute atomic E-state index is 13.1. The lowest BCUT2D eigenvalue weighted by Crippen LogP contribution is -2.12. The molecule has 0 aliphatic rings. The third-order valence-corrected chi connectivity index (χ3v) is 6.77. The number of hydrogen-bond donors (Lipinski definition) is 3. The van der Waals surface area contributed by atoms with Crippen LogP contribution in [-0.2, 0) is 16.5 Å². The first-order chi connectivity index (χ1) is 17.6. The number of ether oxygens (including phenoxy) is 1. The lowest BCUT2D eigenvalue weighted by molar-refractivity contribution is 0.102. The van der Waals surface area contributed by atoms with Gasteiger partial charge in [0.15, 0.2) is 5.75 Å². The van der Waals surface area contributed by atoms with Crippen molar-refractivity contribution in [1.82, 2.24) is 0 Å². The molecule has 4 aromatic rings. The molecule has 0 radical (unpaired) electrons. The minimum Gasteiger partial charge on any atom is -0.505 e. The largest absolute Gasteiger partial charge is 0.505 e. The van der Waals surface area contributed by atoms with Crippen molar-refractivity contribution >= 4 is 55.5 Å². The summed E-state index contributed by atoms with van der Waals surface area (Å²) in [6, 6.07) is 17.7. The topological polar surface area (TPSA) is 138 Å². The van der Waals surface area contributed by atoms with Crippen molar-refractivity contribution in [2.75, 3.05) is 12.4 Å². The third-order valence-electron chi connectivity index (χ3n) is 5.63. The molecule has 0 saturated carbocycles. The standard InChI is InChI=1S/C26H22ClN3O6S/c1-3-19-22(13-16(27)14-23(19)37(33,34)35)29-30-24-20-7-5-4-6-15(20)12-21(25(24)31)26(32)28-17-8-10-18(36-2)11-9-17/h4-14,31H,3H2,1-2H3,(H,28,32)(H,33,34,35). The van der Waals surface area contributed by atoms with Crippen LogP contribution in [0.15, 0.2) is 81.9 Å². The minimum atomic E-state index is -4.56. The van der Waals surface area contributed by atoms with Crippen LogP contribution < -0.4 is 10.1 Å². The van der Waals surface area contributed by atoms with E-state index in [1.165, 1.54) is 19.2 Å². The van der Waals surface area contributed by atoms with Gasteiger partial charge in [-0.25, -0.2) is 0 Å². The number of nitrogens with one attached hydrogen (secondary N) is 1. The van der Waals surface area contributed by atoms with Crippen molar-refractivity contribution in [1.29, 1.82) is 0 Å². The minimum absolute atomic E-state index is 0.00779. The first kappa shape index (κ1) is 26.1. The SMILES string of the molecule is CCc1c(N=Nc2c(O)c(C(=O)Nc3ccc(OC)cc3)cc3ccccc23)cc(Cl)cc1S(=O)(=O)O. The molecule has 3 N–H and O–H groups in total. The van der Waals surface area contributed by atoms with E-state index in [1.54, 1.807) is 55.5 Å². The summed E-state index contributed by atoms with van der Waals surface area (Å²) in [5.41, 5.74) is 0.759. The van der Waals surface area contributed by atoms with E-state index in [4.69, 9.17) is 16.3 Å². The molecule has 0 aliphatic carbocycles. The number of anilines is 1. The van der Waals surface area contributed by atoms with E-state index < -0.39 is 21.8 Å². The van der Waals surface area contributed by atoms with E-state index in [1.807, 2.05) is 0 Å². The van der Waals surface area contributed by atoms with E-state index in [2.05, 4.69) is 15.5 Å². The number of halogens is 1. The number of phenols is 1. The molecular formula is C26H22ClN3O6S. The maximum atomic E-state index is 13.1. The first-order valence-corrected chi connectivity index (χ1v) is 12.9. The zero-order valence-corrected chi connectivity index (χ0v) is 21.3. The molecule has 9 nitrogen and oxygen atoms in total.